The van der Waals surface area contributed by atoms with Crippen LogP contribution in [0.3, 0.4) is 0 Å². The average molecular weight is 770 g/mol. The van der Waals surface area contributed by atoms with Crippen molar-refractivity contribution >= 4 is 71.1 Å². The largest absolute Gasteiger partial charge is 0.481 e. The second-order valence-electron chi connectivity index (χ2n) is 13.1. The van der Waals surface area contributed by atoms with Crippen LogP contribution in [0.2, 0.25) is 5.02 Å². The van der Waals surface area contributed by atoms with E-state index in [1.807, 2.05) is 32.6 Å². The summed E-state index contributed by atoms with van der Waals surface area (Å²) in [6.07, 6.45) is 1.20. The molecule has 2 aromatic rings. The zero-order chi connectivity index (χ0) is 32.4. The number of carboxylic acid groups (broad SMARTS) is 1. The predicted molar refractivity (Wildman–Crippen MR) is 173 cm³/mol. The van der Waals surface area contributed by atoms with Crippen LogP contribution in [-0.2, 0) is 24.5 Å². The number of Topliss-reactive ketones (excluding diaryl/α,β-unsaturated/α-hetero) is 2. The number of carboxylic acids is 1. The van der Waals surface area contributed by atoms with Crippen molar-refractivity contribution < 1.29 is 32.1 Å². The smallest absolute Gasteiger partial charge is 0.339 e. The summed E-state index contributed by atoms with van der Waals surface area (Å²) >= 11 is 13.0. The lowest BCUT2D eigenvalue weighted by molar-refractivity contribution is -0.137. The molecule has 0 saturated carbocycles. The van der Waals surface area contributed by atoms with E-state index in [1.165, 1.54) is 24.3 Å². The third kappa shape index (κ3) is 6.43. The summed E-state index contributed by atoms with van der Waals surface area (Å²) in [5, 5.41) is 9.97. The monoisotopic (exact) mass is 767 g/mol. The fourth-order valence-electron chi connectivity index (χ4n) is 6.48. The summed E-state index contributed by atoms with van der Waals surface area (Å²) in [4.78, 5) is 41.7. The molecule has 3 aliphatic rings. The summed E-state index contributed by atoms with van der Waals surface area (Å²) < 4.78 is 33.8. The molecule has 0 fully saturated rings. The molecule has 1 aliphatic heterocycles. The standard InChI is InChI=1S/C32H32Br2ClNO7S/c1-31(2)13-22-28(24(37)15-31)27(29-23(36(22)10-9-26(39)40)14-32(3,4)16-25(29)38)20-11-17(33)12-21(34)30(20)43-44(41,42)19-7-5-18(35)6-8-19/h5-8,11-12,27H,9-10,13-16H2,1-4H3,(H,39,40). The number of benzene rings is 2. The zero-order valence-corrected chi connectivity index (χ0v) is 29.4. The number of carbonyl (C=O) groups is 3. The zero-order valence-electron chi connectivity index (χ0n) is 24.7. The van der Waals surface area contributed by atoms with Gasteiger partial charge in [0, 0.05) is 62.9 Å². The predicted octanol–water partition coefficient (Wildman–Crippen LogP) is 7.79. The van der Waals surface area contributed by atoms with Crippen LogP contribution < -0.4 is 4.18 Å². The van der Waals surface area contributed by atoms with Crippen LogP contribution >= 0.6 is 43.5 Å². The lowest BCUT2D eigenvalue weighted by Gasteiger charge is -2.49. The molecule has 2 aromatic carbocycles. The second-order valence-corrected chi connectivity index (χ2v) is 16.9. The van der Waals surface area contributed by atoms with Crippen molar-refractivity contribution in [2.24, 2.45) is 10.8 Å². The fraction of sp³-hybridized carbons (Fsp3) is 0.406. The molecule has 5 rings (SSSR count). The van der Waals surface area contributed by atoms with Crippen LogP contribution in [0.25, 0.3) is 0 Å². The van der Waals surface area contributed by atoms with Crippen LogP contribution in [0.4, 0.5) is 0 Å². The summed E-state index contributed by atoms with van der Waals surface area (Å²) in [6, 6.07) is 8.89. The topological polar surface area (TPSA) is 118 Å². The van der Waals surface area contributed by atoms with E-state index in [0.717, 1.165) is 0 Å². The maximum atomic E-state index is 14.1. The van der Waals surface area contributed by atoms with Crippen molar-refractivity contribution in [3.8, 4) is 5.75 Å². The second kappa shape index (κ2) is 11.7. The van der Waals surface area contributed by atoms with Crippen molar-refractivity contribution in [1.29, 1.82) is 0 Å². The van der Waals surface area contributed by atoms with Crippen molar-refractivity contribution in [1.82, 2.24) is 4.90 Å². The molecule has 234 valence electrons. The molecule has 44 heavy (non-hydrogen) atoms. The number of aliphatic carboxylic acids is 1. The first-order valence-electron chi connectivity index (χ1n) is 14.1. The van der Waals surface area contributed by atoms with E-state index in [2.05, 4.69) is 31.9 Å². The molecule has 2 aliphatic carbocycles. The van der Waals surface area contributed by atoms with Gasteiger partial charge in [-0.1, -0.05) is 55.2 Å². The van der Waals surface area contributed by atoms with Gasteiger partial charge in [0.1, 0.15) is 4.90 Å². The normalized spacial score (nSPS) is 20.0. The van der Waals surface area contributed by atoms with Crippen molar-refractivity contribution in [3.05, 3.63) is 78.5 Å². The van der Waals surface area contributed by atoms with Crippen LogP contribution in [0.1, 0.15) is 71.3 Å². The number of nitrogens with zero attached hydrogens (tertiary/aromatic N) is 1. The van der Waals surface area contributed by atoms with E-state index in [1.54, 1.807) is 12.1 Å². The van der Waals surface area contributed by atoms with Crippen LogP contribution in [0.5, 0.6) is 5.75 Å². The molecule has 0 atom stereocenters. The molecule has 0 unspecified atom stereocenters. The Kier molecular flexibility index (Phi) is 8.76. The molecule has 0 aromatic heterocycles. The highest BCUT2D eigenvalue weighted by Gasteiger charge is 2.50. The Hall–Kier alpha value is -2.47. The van der Waals surface area contributed by atoms with E-state index in [9.17, 15) is 27.9 Å². The van der Waals surface area contributed by atoms with Gasteiger partial charge in [-0.25, -0.2) is 0 Å². The quantitative estimate of drug-likeness (QED) is 0.284. The molecular formula is C32H32Br2ClNO7S. The van der Waals surface area contributed by atoms with Gasteiger partial charge in [-0.2, -0.15) is 8.42 Å². The number of carbonyl (C=O) groups excluding carboxylic acids is 2. The lowest BCUT2D eigenvalue weighted by atomic mass is 9.63. The van der Waals surface area contributed by atoms with E-state index in [0.29, 0.717) is 54.9 Å². The van der Waals surface area contributed by atoms with Gasteiger partial charge in [0.05, 0.1) is 10.9 Å². The Morgan fingerprint density at radius 1 is 0.955 bits per heavy atom. The Labute approximate surface area is 278 Å². The van der Waals surface area contributed by atoms with Crippen molar-refractivity contribution in [3.63, 3.8) is 0 Å². The number of hydrogen-bond donors (Lipinski definition) is 1. The van der Waals surface area contributed by atoms with E-state index in [-0.39, 0.29) is 48.0 Å². The fourth-order valence-corrected chi connectivity index (χ4v) is 9.02. The van der Waals surface area contributed by atoms with Gasteiger partial charge in [0.2, 0.25) is 0 Å². The molecule has 0 saturated heterocycles. The Morgan fingerprint density at radius 3 is 1.98 bits per heavy atom. The van der Waals surface area contributed by atoms with Crippen LogP contribution in [-0.4, -0.2) is 42.5 Å². The number of ketones is 2. The summed E-state index contributed by atoms with van der Waals surface area (Å²) in [6.45, 7) is 8.05. The molecule has 0 radical (unpaired) electrons. The summed E-state index contributed by atoms with van der Waals surface area (Å²) in [5.74, 6) is -2.29. The van der Waals surface area contributed by atoms with Gasteiger partial charge in [-0.3, -0.25) is 14.4 Å². The van der Waals surface area contributed by atoms with Gasteiger partial charge in [-0.05, 0) is 76.0 Å². The van der Waals surface area contributed by atoms with Gasteiger partial charge < -0.3 is 14.2 Å². The molecule has 1 N–H and O–H groups in total. The Bertz CT molecular complexity index is 1710. The van der Waals surface area contributed by atoms with Crippen LogP contribution in [0.15, 0.2) is 72.8 Å². The van der Waals surface area contributed by atoms with Gasteiger partial charge >= 0.3 is 16.1 Å². The van der Waals surface area contributed by atoms with Gasteiger partial charge in [-0.15, -0.1) is 0 Å². The molecule has 8 nitrogen and oxygen atoms in total. The first-order valence-corrected chi connectivity index (χ1v) is 17.5. The van der Waals surface area contributed by atoms with Gasteiger partial charge in [0.25, 0.3) is 0 Å². The SMILES string of the molecule is CC1(C)CC(=O)C2=C(C1)N(CCC(=O)O)C1=C(C(=O)CC(C)(C)C1)C2c1cc(Br)cc(Br)c1OS(=O)(=O)c1ccc(Cl)cc1. The number of rotatable bonds is 7. The molecule has 0 spiro atoms. The first kappa shape index (κ1) is 32.9. The molecule has 0 bridgehead atoms. The highest BCUT2D eigenvalue weighted by atomic mass is 79.9. The minimum Gasteiger partial charge on any atom is -0.481 e. The summed E-state index contributed by atoms with van der Waals surface area (Å²) in [5.41, 5.74) is 1.60. The average Bonchev–Trinajstić information content (AvgIpc) is 2.87. The molecule has 1 heterocycles. The number of hydrogen-bond acceptors (Lipinski definition) is 7. The lowest BCUT2D eigenvalue weighted by Crippen LogP contribution is -2.45. The van der Waals surface area contributed by atoms with E-state index >= 15 is 0 Å². The maximum absolute atomic E-state index is 14.1. The highest BCUT2D eigenvalue weighted by Crippen LogP contribution is 2.56. The highest BCUT2D eigenvalue weighted by molar-refractivity contribution is 9.11. The minimum absolute atomic E-state index is 0.0406. The van der Waals surface area contributed by atoms with Crippen LogP contribution in [0, 0.1) is 10.8 Å². The molecule has 12 heteroatoms. The first-order chi connectivity index (χ1) is 20.4. The van der Waals surface area contributed by atoms with E-state index < -0.39 is 32.8 Å². The Morgan fingerprint density at radius 2 is 1.48 bits per heavy atom. The molecular weight excluding hydrogens is 738 g/mol. The van der Waals surface area contributed by atoms with Crippen molar-refractivity contribution in [2.45, 2.75) is 70.6 Å². The molecule has 0 amide bonds. The third-order valence-corrected chi connectivity index (χ3v) is 10.7. The number of allylic oxidation sites excluding steroid dienone is 4. The van der Waals surface area contributed by atoms with Crippen molar-refractivity contribution in [2.75, 3.05) is 6.54 Å². The van der Waals surface area contributed by atoms with Gasteiger partial charge in [0.15, 0.2) is 17.3 Å². The minimum atomic E-state index is -4.36. The van der Waals surface area contributed by atoms with E-state index in [4.69, 9.17) is 15.8 Å². The summed E-state index contributed by atoms with van der Waals surface area (Å²) in [7, 11) is -4.36. The third-order valence-electron chi connectivity index (χ3n) is 8.21. The Balaban J connectivity index is 1.79. The maximum Gasteiger partial charge on any atom is 0.339 e. The number of halogens is 3.